The summed E-state index contributed by atoms with van der Waals surface area (Å²) in [5.74, 6) is -0.476. The van der Waals surface area contributed by atoms with Gasteiger partial charge in [0, 0.05) is 58.5 Å². The van der Waals surface area contributed by atoms with E-state index in [4.69, 9.17) is 14.2 Å². The minimum atomic E-state index is -0.347. The Kier molecular flexibility index (Phi) is 5.43. The molecule has 9 heteroatoms. The van der Waals surface area contributed by atoms with Crippen molar-refractivity contribution in [2.45, 2.75) is 98.6 Å². The minimum absolute atomic E-state index is 0.0166. The number of piperidine rings is 1. The Bertz CT molecular complexity index is 2050. The molecule has 7 fully saturated rings. The van der Waals surface area contributed by atoms with Gasteiger partial charge in [-0.15, -0.1) is 0 Å². The Hall–Kier alpha value is -3.66. The molecule has 2 bridgehead atoms. The molecule has 4 aliphatic carbocycles. The van der Waals surface area contributed by atoms with Gasteiger partial charge < -0.3 is 24.8 Å². The lowest BCUT2D eigenvalue weighted by Gasteiger charge is -2.67. The zero-order valence-corrected chi connectivity index (χ0v) is 29.7. The summed E-state index contributed by atoms with van der Waals surface area (Å²) in [7, 11) is 3.07. The molecule has 0 amide bonds. The molecule has 7 heterocycles. The number of hydrogen-bond acceptors (Lipinski definition) is 9. The van der Waals surface area contributed by atoms with E-state index in [-0.39, 0.29) is 69.3 Å². The first-order valence-corrected chi connectivity index (χ1v) is 19.3. The molecule has 2 N–H and O–H groups in total. The van der Waals surface area contributed by atoms with E-state index in [0.717, 1.165) is 75.1 Å². The van der Waals surface area contributed by atoms with Gasteiger partial charge in [-0.25, -0.2) is 4.79 Å². The molecule has 11 aliphatic rings. The molecule has 9 nitrogen and oxygen atoms in total. The number of carbonyl (C=O) groups excluding carboxylic acids is 2. The number of rotatable bonds is 4. The van der Waals surface area contributed by atoms with Crippen molar-refractivity contribution in [1.29, 1.82) is 0 Å². The predicted octanol–water partition coefficient (Wildman–Crippen LogP) is 5.19. The number of carbonyl (C=O) groups is 2. The molecule has 3 saturated carbocycles. The highest BCUT2D eigenvalue weighted by atomic mass is 16.6. The maximum atomic E-state index is 13.7. The fourth-order valence-electron chi connectivity index (χ4n) is 15.0. The van der Waals surface area contributed by atoms with E-state index >= 15 is 0 Å². The monoisotopic (exact) mass is 686 g/mol. The van der Waals surface area contributed by atoms with Crippen LogP contribution >= 0.6 is 0 Å². The highest BCUT2D eigenvalue weighted by Crippen LogP contribution is 2.75. The number of hydrogen-bond donors (Lipinski definition) is 2. The van der Waals surface area contributed by atoms with Crippen LogP contribution in [0.4, 0.5) is 11.4 Å². The molecule has 4 saturated heterocycles. The predicted molar refractivity (Wildman–Crippen MR) is 190 cm³/mol. The first-order valence-electron chi connectivity index (χ1n) is 19.3. The average Bonchev–Trinajstić information content (AvgIpc) is 3.43. The SMILES string of the molecule is CCC12CC(C(=O)OC)=C3Nc4ccccc4C34CCN(C(c3ccc5c(c3)C36CCN7CC=CC8(CCC3(N5)C(C(=O)OC)C8)C76)C3OC31)C42. The van der Waals surface area contributed by atoms with Gasteiger partial charge in [0.05, 0.1) is 48.8 Å². The van der Waals surface area contributed by atoms with E-state index < -0.39 is 0 Å². The highest BCUT2D eigenvalue weighted by Gasteiger charge is 2.80. The van der Waals surface area contributed by atoms with Gasteiger partial charge in [-0.3, -0.25) is 14.6 Å². The van der Waals surface area contributed by atoms with Gasteiger partial charge in [0.2, 0.25) is 0 Å². The number of ether oxygens (including phenoxy) is 3. The van der Waals surface area contributed by atoms with E-state index in [2.05, 4.69) is 82.0 Å². The van der Waals surface area contributed by atoms with Crippen molar-refractivity contribution in [2.24, 2.45) is 16.7 Å². The molecule has 51 heavy (non-hydrogen) atoms. The smallest absolute Gasteiger partial charge is 0.335 e. The third-order valence-corrected chi connectivity index (χ3v) is 16.5. The van der Waals surface area contributed by atoms with E-state index in [1.165, 1.54) is 29.5 Å². The van der Waals surface area contributed by atoms with Crippen molar-refractivity contribution in [3.63, 3.8) is 0 Å². The maximum Gasteiger partial charge on any atom is 0.335 e. The topological polar surface area (TPSA) is 95.7 Å². The second-order valence-electron chi connectivity index (χ2n) is 17.5. The molecule has 264 valence electrons. The van der Waals surface area contributed by atoms with Gasteiger partial charge >= 0.3 is 11.9 Å². The summed E-state index contributed by atoms with van der Waals surface area (Å²) in [4.78, 5) is 32.8. The third kappa shape index (κ3) is 3.03. The number of methoxy groups -OCH3 is 2. The van der Waals surface area contributed by atoms with Crippen LogP contribution in [-0.4, -0.2) is 85.4 Å². The van der Waals surface area contributed by atoms with Gasteiger partial charge in [-0.05, 0) is 80.3 Å². The van der Waals surface area contributed by atoms with Crippen LogP contribution in [0.2, 0.25) is 0 Å². The fraction of sp³-hybridized carbons (Fsp3) is 0.571. The number of para-hydroxylation sites is 1. The molecule has 4 spiro atoms. The lowest BCUT2D eigenvalue weighted by atomic mass is 9.39. The maximum absolute atomic E-state index is 13.7. The lowest BCUT2D eigenvalue weighted by molar-refractivity contribution is -0.162. The van der Waals surface area contributed by atoms with Crippen molar-refractivity contribution in [1.82, 2.24) is 9.80 Å². The molecular formula is C42H46N4O5. The third-order valence-electron chi connectivity index (χ3n) is 16.5. The van der Waals surface area contributed by atoms with Gasteiger partial charge in [0.1, 0.15) is 6.10 Å². The summed E-state index contributed by atoms with van der Waals surface area (Å²) in [6.07, 6.45) is 11.5. The number of nitrogens with one attached hydrogen (secondary N) is 2. The molecule has 11 unspecified atom stereocenters. The van der Waals surface area contributed by atoms with Crippen LogP contribution in [0.3, 0.4) is 0 Å². The normalized spacial score (nSPS) is 45.4. The zero-order valence-electron chi connectivity index (χ0n) is 29.7. The second-order valence-corrected chi connectivity index (χ2v) is 17.5. The first kappa shape index (κ1) is 29.9. The van der Waals surface area contributed by atoms with E-state index in [1.807, 2.05) is 0 Å². The molecule has 7 aliphatic heterocycles. The van der Waals surface area contributed by atoms with Crippen molar-refractivity contribution in [3.8, 4) is 0 Å². The molecule has 2 aromatic rings. The summed E-state index contributed by atoms with van der Waals surface area (Å²) in [5, 5.41) is 7.88. The Morgan fingerprint density at radius 2 is 1.86 bits per heavy atom. The molecule has 2 aromatic carbocycles. The van der Waals surface area contributed by atoms with Crippen LogP contribution in [0.25, 0.3) is 0 Å². The summed E-state index contributed by atoms with van der Waals surface area (Å²) in [6.45, 7) is 5.26. The molecule has 0 radical (unpaired) electrons. The number of benzene rings is 2. The van der Waals surface area contributed by atoms with Crippen molar-refractivity contribution in [3.05, 3.63) is 82.6 Å². The largest absolute Gasteiger partial charge is 0.469 e. The van der Waals surface area contributed by atoms with Gasteiger partial charge in [-0.2, -0.15) is 0 Å². The average molecular weight is 687 g/mol. The van der Waals surface area contributed by atoms with Crippen LogP contribution in [0, 0.1) is 16.7 Å². The van der Waals surface area contributed by atoms with Crippen molar-refractivity contribution < 1.29 is 23.8 Å². The van der Waals surface area contributed by atoms with Crippen LogP contribution in [0.5, 0.6) is 0 Å². The van der Waals surface area contributed by atoms with Crippen LogP contribution in [-0.2, 0) is 34.6 Å². The van der Waals surface area contributed by atoms with Crippen LogP contribution < -0.4 is 10.6 Å². The van der Waals surface area contributed by atoms with Gasteiger partial charge in [0.15, 0.2) is 0 Å². The highest BCUT2D eigenvalue weighted by molar-refractivity contribution is 5.93. The fourth-order valence-corrected chi connectivity index (χ4v) is 15.0. The van der Waals surface area contributed by atoms with Crippen LogP contribution in [0.1, 0.15) is 74.6 Å². The Balaban J connectivity index is 1.02. The number of fused-ring (bicyclic) bond motifs is 6. The summed E-state index contributed by atoms with van der Waals surface area (Å²) >= 11 is 0. The summed E-state index contributed by atoms with van der Waals surface area (Å²) < 4.78 is 18.0. The van der Waals surface area contributed by atoms with Crippen molar-refractivity contribution >= 4 is 23.3 Å². The molecule has 0 aromatic heterocycles. The standard InChI is InChI=1S/C42H46N4O5/c1-4-39-21-24(34(47)49-2)32-40(25-8-5-6-9-28(25)43-32)15-19-46(37(39)40)30(31-33(39)51-31)23-10-11-29-26(20-23)41-16-18-45-17-7-12-38(36(41)45)13-14-42(41,44-29)27(22-38)35(48)50-3/h5-12,20,27,30-31,33,36-37,43-44H,4,13-19,21-22H2,1-3H3. The Labute approximate surface area is 298 Å². The van der Waals surface area contributed by atoms with Crippen molar-refractivity contribution in [2.75, 3.05) is 44.5 Å². The Morgan fingerprint density at radius 1 is 0.980 bits per heavy atom. The van der Waals surface area contributed by atoms with Gasteiger partial charge in [-0.1, -0.05) is 49.4 Å². The number of esters is 2. The summed E-state index contributed by atoms with van der Waals surface area (Å²) in [5.41, 5.74) is 7.14. The molecule has 11 atom stereocenters. The Morgan fingerprint density at radius 3 is 2.71 bits per heavy atom. The summed E-state index contributed by atoms with van der Waals surface area (Å²) in [6, 6.07) is 16.6. The van der Waals surface area contributed by atoms with E-state index in [1.54, 1.807) is 7.11 Å². The van der Waals surface area contributed by atoms with E-state index in [0.29, 0.717) is 12.5 Å². The second kappa shape index (κ2) is 9.28. The van der Waals surface area contributed by atoms with Gasteiger partial charge in [0.25, 0.3) is 0 Å². The minimum Gasteiger partial charge on any atom is -0.469 e. The number of nitrogens with zero attached hydrogens (tertiary/aromatic N) is 2. The quantitative estimate of drug-likeness (QED) is 0.256. The number of anilines is 2. The van der Waals surface area contributed by atoms with Crippen LogP contribution in [0.15, 0.2) is 65.9 Å². The molecule has 13 rings (SSSR count). The number of epoxide rings is 1. The lowest BCUT2D eigenvalue weighted by Crippen LogP contribution is -2.76. The molecular weight excluding hydrogens is 640 g/mol. The first-order chi connectivity index (χ1) is 24.8. The zero-order chi connectivity index (χ0) is 34.3. The van der Waals surface area contributed by atoms with E-state index in [9.17, 15) is 9.59 Å².